The second-order valence-electron chi connectivity index (χ2n) is 8.44. The van der Waals surface area contributed by atoms with Crippen molar-refractivity contribution < 1.29 is 19.0 Å². The highest BCUT2D eigenvalue weighted by atomic mass is 16.5. The Morgan fingerprint density at radius 3 is 2.32 bits per heavy atom. The van der Waals surface area contributed by atoms with Crippen LogP contribution in [0.4, 0.5) is 0 Å². The molecule has 4 heteroatoms. The number of methoxy groups -OCH3 is 1. The van der Waals surface area contributed by atoms with E-state index in [0.717, 1.165) is 31.6 Å². The monoisotopic (exact) mass is 428 g/mol. The first kappa shape index (κ1) is 26.7. The van der Waals surface area contributed by atoms with Crippen molar-refractivity contribution in [2.24, 2.45) is 0 Å². The summed E-state index contributed by atoms with van der Waals surface area (Å²) in [6.07, 6.45) is 3.02. The molecule has 0 spiro atoms. The van der Waals surface area contributed by atoms with Gasteiger partial charge in [-0.15, -0.1) is 0 Å². The summed E-state index contributed by atoms with van der Waals surface area (Å²) < 4.78 is 16.2. The second kappa shape index (κ2) is 13.9. The number of benzene rings is 2. The molecule has 4 nitrogen and oxygen atoms in total. The molecule has 0 saturated heterocycles. The summed E-state index contributed by atoms with van der Waals surface area (Å²) in [7, 11) is 1.72. The largest absolute Gasteiger partial charge is 0.496 e. The molecule has 0 aromatic heterocycles. The van der Waals surface area contributed by atoms with Crippen LogP contribution < -0.4 is 4.74 Å². The van der Waals surface area contributed by atoms with E-state index in [1.807, 2.05) is 32.9 Å². The lowest BCUT2D eigenvalue weighted by Crippen LogP contribution is -2.31. The van der Waals surface area contributed by atoms with Crippen LogP contribution >= 0.6 is 0 Å². The van der Waals surface area contributed by atoms with Gasteiger partial charge in [-0.3, -0.25) is 4.79 Å². The molecule has 0 amide bonds. The minimum atomic E-state index is -0.219. The molecule has 0 bridgehead atoms. The van der Waals surface area contributed by atoms with E-state index in [2.05, 4.69) is 50.2 Å². The number of rotatable bonds is 10. The van der Waals surface area contributed by atoms with Crippen LogP contribution in [-0.4, -0.2) is 31.4 Å². The number of carbonyl (C=O) groups excluding carboxylic acids is 1. The normalized spacial score (nSPS) is 11.8. The Morgan fingerprint density at radius 2 is 1.74 bits per heavy atom. The third-order valence-electron chi connectivity index (χ3n) is 4.77. The van der Waals surface area contributed by atoms with Crippen molar-refractivity contribution in [1.29, 1.82) is 0 Å². The molecule has 2 aromatic rings. The molecule has 31 heavy (non-hydrogen) atoms. The van der Waals surface area contributed by atoms with E-state index < -0.39 is 0 Å². The van der Waals surface area contributed by atoms with Gasteiger partial charge in [0.2, 0.25) is 0 Å². The molecule has 0 radical (unpaired) electrons. The fourth-order valence-corrected chi connectivity index (χ4v) is 3.34. The van der Waals surface area contributed by atoms with Gasteiger partial charge in [-0.2, -0.15) is 0 Å². The predicted molar refractivity (Wildman–Crippen MR) is 128 cm³/mol. The lowest BCUT2D eigenvalue weighted by Gasteiger charge is -2.28. The number of ether oxygens (including phenoxy) is 3. The Labute approximate surface area is 188 Å². The predicted octanol–water partition coefficient (Wildman–Crippen LogP) is 6.52. The number of aryl methyl sites for hydroxylation is 1. The number of hydrogen-bond donors (Lipinski definition) is 0. The van der Waals surface area contributed by atoms with Gasteiger partial charge in [0.1, 0.15) is 11.9 Å². The van der Waals surface area contributed by atoms with Crippen LogP contribution in [0.15, 0.2) is 48.5 Å². The van der Waals surface area contributed by atoms with Crippen molar-refractivity contribution in [2.75, 3.05) is 13.7 Å². The Hall–Kier alpha value is -2.33. The average molecular weight is 429 g/mol. The topological polar surface area (TPSA) is 44.8 Å². The molecule has 1 unspecified atom stereocenters. The summed E-state index contributed by atoms with van der Waals surface area (Å²) in [5.74, 6) is 0.822. The molecule has 0 aliphatic carbocycles. The second-order valence-corrected chi connectivity index (χ2v) is 8.44. The molecular formula is C27H40O4. The molecule has 0 aliphatic heterocycles. The van der Waals surface area contributed by atoms with Gasteiger partial charge in [-0.25, -0.2) is 0 Å². The fourth-order valence-electron chi connectivity index (χ4n) is 3.34. The summed E-state index contributed by atoms with van der Waals surface area (Å²) in [5.41, 5.74) is 3.61. The van der Waals surface area contributed by atoms with Gasteiger partial charge in [0.25, 0.3) is 0 Å². The maximum atomic E-state index is 11.1. The summed E-state index contributed by atoms with van der Waals surface area (Å²) >= 11 is 0. The minimum Gasteiger partial charge on any atom is -0.496 e. The Balaban J connectivity index is 0.000000311. The number of carbonyl (C=O) groups is 1. The smallest absolute Gasteiger partial charge is 0.305 e. The highest BCUT2D eigenvalue weighted by Gasteiger charge is 2.23. The molecule has 172 valence electrons. The molecule has 0 aliphatic rings. The molecule has 1 atom stereocenters. The van der Waals surface area contributed by atoms with Crippen LogP contribution in [0, 0.1) is 6.92 Å². The van der Waals surface area contributed by atoms with E-state index in [1.54, 1.807) is 14.0 Å². The zero-order chi connectivity index (χ0) is 23.3. The van der Waals surface area contributed by atoms with Gasteiger partial charge in [0, 0.05) is 25.9 Å². The zero-order valence-corrected chi connectivity index (χ0v) is 20.4. The highest BCUT2D eigenvalue weighted by molar-refractivity contribution is 5.69. The van der Waals surface area contributed by atoms with Crippen LogP contribution in [0.3, 0.4) is 0 Å². The van der Waals surface area contributed by atoms with Gasteiger partial charge in [-0.05, 0) is 51.3 Å². The Bertz CT molecular complexity index is 768. The molecular weight excluding hydrogens is 388 g/mol. The van der Waals surface area contributed by atoms with Gasteiger partial charge in [0.15, 0.2) is 0 Å². The summed E-state index contributed by atoms with van der Waals surface area (Å²) in [5, 5.41) is 0. The number of hydrogen-bond acceptors (Lipinski definition) is 4. The summed E-state index contributed by atoms with van der Waals surface area (Å²) in [6.45, 7) is 12.7. The van der Waals surface area contributed by atoms with Crippen LogP contribution in [0.5, 0.6) is 5.75 Å². The van der Waals surface area contributed by atoms with Crippen LogP contribution in [0.25, 0.3) is 0 Å². The standard InChI is InChI=1S/C15H16O.C12H24O3/c1-12-8-9-15(16-2)14(10-12)11-13-6-4-3-5-7-13;1-6-8-14-12(4,5)9-10(3)15-11(13)7-2/h3-10H,11H2,1-2H3;10H,6-9H2,1-5H3. The van der Waals surface area contributed by atoms with E-state index in [-0.39, 0.29) is 17.7 Å². The average Bonchev–Trinajstić information content (AvgIpc) is 2.73. The van der Waals surface area contributed by atoms with Gasteiger partial charge >= 0.3 is 5.97 Å². The van der Waals surface area contributed by atoms with Gasteiger partial charge in [0.05, 0.1) is 12.7 Å². The van der Waals surface area contributed by atoms with Crippen molar-refractivity contribution in [2.45, 2.75) is 78.9 Å². The number of esters is 1. The SMILES string of the molecule is CCCOC(C)(C)CC(C)OC(=O)CC.COc1ccc(C)cc1Cc1ccccc1. The molecule has 2 rings (SSSR count). The Morgan fingerprint density at radius 1 is 1.06 bits per heavy atom. The van der Waals surface area contributed by atoms with Crippen molar-refractivity contribution in [1.82, 2.24) is 0 Å². The lowest BCUT2D eigenvalue weighted by atomic mass is 10.0. The van der Waals surface area contributed by atoms with E-state index in [1.165, 1.54) is 16.7 Å². The fraction of sp³-hybridized carbons (Fsp3) is 0.519. The Kier molecular flexibility index (Phi) is 11.9. The first-order valence-corrected chi connectivity index (χ1v) is 11.2. The summed E-state index contributed by atoms with van der Waals surface area (Å²) in [6, 6.07) is 16.8. The zero-order valence-electron chi connectivity index (χ0n) is 20.4. The molecule has 0 heterocycles. The molecule has 2 aromatic carbocycles. The van der Waals surface area contributed by atoms with Gasteiger partial charge in [-0.1, -0.05) is 61.9 Å². The third kappa shape index (κ3) is 11.0. The van der Waals surface area contributed by atoms with Crippen molar-refractivity contribution in [3.05, 3.63) is 65.2 Å². The van der Waals surface area contributed by atoms with Crippen molar-refractivity contribution in [3.63, 3.8) is 0 Å². The van der Waals surface area contributed by atoms with Crippen LogP contribution in [0.2, 0.25) is 0 Å². The molecule has 0 fully saturated rings. The van der Waals surface area contributed by atoms with Crippen LogP contribution in [0.1, 0.15) is 70.6 Å². The third-order valence-corrected chi connectivity index (χ3v) is 4.77. The van der Waals surface area contributed by atoms with E-state index in [0.29, 0.717) is 6.42 Å². The summed E-state index contributed by atoms with van der Waals surface area (Å²) in [4.78, 5) is 11.1. The van der Waals surface area contributed by atoms with Gasteiger partial charge < -0.3 is 14.2 Å². The molecule has 0 saturated carbocycles. The van der Waals surface area contributed by atoms with E-state index in [9.17, 15) is 4.79 Å². The first-order valence-electron chi connectivity index (χ1n) is 11.2. The van der Waals surface area contributed by atoms with Crippen LogP contribution in [-0.2, 0) is 20.7 Å². The maximum absolute atomic E-state index is 11.1. The van der Waals surface area contributed by atoms with Crippen molar-refractivity contribution >= 4 is 5.97 Å². The van der Waals surface area contributed by atoms with E-state index in [4.69, 9.17) is 14.2 Å². The minimum absolute atomic E-state index is 0.0793. The lowest BCUT2D eigenvalue weighted by molar-refractivity contribution is -0.151. The van der Waals surface area contributed by atoms with E-state index >= 15 is 0 Å². The quantitative estimate of drug-likeness (QED) is 0.404. The first-order chi connectivity index (χ1) is 14.7. The maximum Gasteiger partial charge on any atom is 0.305 e. The van der Waals surface area contributed by atoms with Crippen molar-refractivity contribution in [3.8, 4) is 5.75 Å². The highest BCUT2D eigenvalue weighted by Crippen LogP contribution is 2.22. The molecule has 0 N–H and O–H groups in total.